The summed E-state index contributed by atoms with van der Waals surface area (Å²) in [5, 5.41) is 6.76. The molecule has 6 nitrogen and oxygen atoms in total. The highest BCUT2D eigenvalue weighted by atomic mass is 127. The predicted molar refractivity (Wildman–Crippen MR) is 124 cm³/mol. The first kappa shape index (κ1) is 24.5. The third-order valence-electron chi connectivity index (χ3n) is 5.44. The zero-order valence-corrected chi connectivity index (χ0v) is 19.7. The van der Waals surface area contributed by atoms with Gasteiger partial charge in [-0.3, -0.25) is 9.79 Å². The van der Waals surface area contributed by atoms with Crippen molar-refractivity contribution in [1.82, 2.24) is 20.4 Å². The van der Waals surface area contributed by atoms with Crippen LogP contribution in [0.3, 0.4) is 0 Å². The first-order chi connectivity index (χ1) is 12.7. The Kier molecular flexibility index (Phi) is 13.1. The summed E-state index contributed by atoms with van der Waals surface area (Å²) in [6.45, 7) is 12.6. The van der Waals surface area contributed by atoms with E-state index in [1.807, 2.05) is 4.90 Å². The lowest BCUT2D eigenvalue weighted by atomic mass is 9.99. The molecule has 0 saturated carbocycles. The number of halogens is 1. The first-order valence-electron chi connectivity index (χ1n) is 10.7. The standard InChI is InChI=1S/C20H39N5O.HI/c1-3-21-20(23-12-7-15-25-14-6-8-19(25)26)22-11-4-5-13-24-16-9-18(2)10-17-24;/h18H,3-17H2,1-2H3,(H2,21,22,23);1H. The molecule has 0 unspecified atom stereocenters. The van der Waals surface area contributed by atoms with Crippen LogP contribution >= 0.6 is 24.0 Å². The third-order valence-corrected chi connectivity index (χ3v) is 5.44. The summed E-state index contributed by atoms with van der Waals surface area (Å²) in [5.74, 6) is 2.13. The Labute approximate surface area is 182 Å². The topological polar surface area (TPSA) is 60.0 Å². The van der Waals surface area contributed by atoms with Gasteiger partial charge in [-0.25, -0.2) is 0 Å². The van der Waals surface area contributed by atoms with E-state index in [1.54, 1.807) is 0 Å². The van der Waals surface area contributed by atoms with Crippen molar-refractivity contribution in [1.29, 1.82) is 0 Å². The number of rotatable bonds is 10. The second-order valence-corrected chi connectivity index (χ2v) is 7.76. The summed E-state index contributed by atoms with van der Waals surface area (Å²) < 4.78 is 0. The molecule has 0 aliphatic carbocycles. The minimum absolute atomic E-state index is 0. The van der Waals surface area contributed by atoms with Gasteiger partial charge in [0, 0.05) is 39.1 Å². The minimum Gasteiger partial charge on any atom is -0.357 e. The number of guanidine groups is 1. The molecule has 2 heterocycles. The van der Waals surface area contributed by atoms with Crippen LogP contribution in [0.5, 0.6) is 0 Å². The quantitative estimate of drug-likeness (QED) is 0.213. The summed E-state index contributed by atoms with van der Waals surface area (Å²) in [4.78, 5) is 20.8. The van der Waals surface area contributed by atoms with Crippen molar-refractivity contribution in [3.05, 3.63) is 0 Å². The van der Waals surface area contributed by atoms with Gasteiger partial charge in [-0.1, -0.05) is 6.92 Å². The summed E-state index contributed by atoms with van der Waals surface area (Å²) in [6, 6.07) is 0. The molecule has 1 amide bonds. The molecule has 0 radical (unpaired) electrons. The maximum absolute atomic E-state index is 11.6. The molecule has 0 aromatic carbocycles. The van der Waals surface area contributed by atoms with Crippen molar-refractivity contribution in [2.75, 3.05) is 52.4 Å². The van der Waals surface area contributed by atoms with Crippen LogP contribution in [0.2, 0.25) is 0 Å². The lowest BCUT2D eigenvalue weighted by Gasteiger charge is -2.30. The smallest absolute Gasteiger partial charge is 0.222 e. The van der Waals surface area contributed by atoms with E-state index in [1.165, 1.54) is 45.3 Å². The van der Waals surface area contributed by atoms with Gasteiger partial charge in [0.25, 0.3) is 0 Å². The van der Waals surface area contributed by atoms with Crippen LogP contribution in [0.1, 0.15) is 58.8 Å². The van der Waals surface area contributed by atoms with Crippen LogP contribution in [0, 0.1) is 5.92 Å². The number of carbonyl (C=O) groups excluding carboxylic acids is 1. The van der Waals surface area contributed by atoms with Gasteiger partial charge >= 0.3 is 0 Å². The van der Waals surface area contributed by atoms with Crippen LogP contribution in [0.4, 0.5) is 0 Å². The van der Waals surface area contributed by atoms with Crippen molar-refractivity contribution in [3.8, 4) is 0 Å². The van der Waals surface area contributed by atoms with Crippen molar-refractivity contribution in [2.45, 2.75) is 58.8 Å². The van der Waals surface area contributed by atoms with Gasteiger partial charge in [0.05, 0.1) is 0 Å². The van der Waals surface area contributed by atoms with E-state index in [0.29, 0.717) is 5.91 Å². The highest BCUT2D eigenvalue weighted by Gasteiger charge is 2.18. The van der Waals surface area contributed by atoms with E-state index in [9.17, 15) is 4.79 Å². The van der Waals surface area contributed by atoms with Crippen molar-refractivity contribution < 1.29 is 4.79 Å². The van der Waals surface area contributed by atoms with Crippen molar-refractivity contribution in [3.63, 3.8) is 0 Å². The Morgan fingerprint density at radius 1 is 1.11 bits per heavy atom. The number of hydrogen-bond donors (Lipinski definition) is 2. The molecule has 0 atom stereocenters. The molecule has 2 fully saturated rings. The number of piperidine rings is 1. The molecule has 0 aromatic heterocycles. The van der Waals surface area contributed by atoms with Crippen LogP contribution < -0.4 is 10.6 Å². The number of nitrogens with one attached hydrogen (secondary N) is 2. The van der Waals surface area contributed by atoms with E-state index in [-0.39, 0.29) is 24.0 Å². The molecule has 7 heteroatoms. The molecule has 2 N–H and O–H groups in total. The normalized spacial score (nSPS) is 19.3. The van der Waals surface area contributed by atoms with Crippen LogP contribution in [0.15, 0.2) is 4.99 Å². The molecular weight excluding hydrogens is 453 g/mol. The molecule has 2 aliphatic rings. The van der Waals surface area contributed by atoms with Gasteiger partial charge in [0.2, 0.25) is 5.91 Å². The maximum atomic E-state index is 11.6. The number of unbranched alkanes of at least 4 members (excludes halogenated alkanes) is 1. The zero-order chi connectivity index (χ0) is 18.6. The average Bonchev–Trinajstić information content (AvgIpc) is 3.05. The number of aliphatic imine (C=N–C) groups is 1. The van der Waals surface area contributed by atoms with E-state index in [2.05, 4.69) is 34.4 Å². The third kappa shape index (κ3) is 9.96. The Morgan fingerprint density at radius 3 is 2.56 bits per heavy atom. The fourth-order valence-corrected chi connectivity index (χ4v) is 3.69. The van der Waals surface area contributed by atoms with E-state index < -0.39 is 0 Å². The molecular formula is C20H40IN5O. The largest absolute Gasteiger partial charge is 0.357 e. The predicted octanol–water partition coefficient (Wildman–Crippen LogP) is 2.68. The molecule has 158 valence electrons. The van der Waals surface area contributed by atoms with Gasteiger partial charge in [-0.05, 0) is 71.0 Å². The average molecular weight is 493 g/mol. The first-order valence-corrected chi connectivity index (χ1v) is 10.7. The van der Waals surface area contributed by atoms with E-state index in [4.69, 9.17) is 0 Å². The summed E-state index contributed by atoms with van der Waals surface area (Å²) in [7, 11) is 0. The molecule has 0 bridgehead atoms. The lowest BCUT2D eigenvalue weighted by Crippen LogP contribution is -2.38. The minimum atomic E-state index is 0. The van der Waals surface area contributed by atoms with Gasteiger partial charge in [-0.15, -0.1) is 24.0 Å². The summed E-state index contributed by atoms with van der Waals surface area (Å²) in [5.41, 5.74) is 0. The van der Waals surface area contributed by atoms with Gasteiger partial charge in [0.1, 0.15) is 0 Å². The number of nitrogens with zero attached hydrogens (tertiary/aromatic N) is 3. The Hall–Kier alpha value is -0.570. The fourth-order valence-electron chi connectivity index (χ4n) is 3.69. The van der Waals surface area contributed by atoms with Crippen LogP contribution in [-0.4, -0.2) is 74.0 Å². The van der Waals surface area contributed by atoms with E-state index >= 15 is 0 Å². The fraction of sp³-hybridized carbons (Fsp3) is 0.900. The molecule has 27 heavy (non-hydrogen) atoms. The summed E-state index contributed by atoms with van der Waals surface area (Å²) in [6.07, 6.45) is 7.83. The van der Waals surface area contributed by atoms with Gasteiger partial charge in [0.15, 0.2) is 5.96 Å². The molecule has 2 rings (SSSR count). The molecule has 2 saturated heterocycles. The van der Waals surface area contributed by atoms with E-state index in [0.717, 1.165) is 63.9 Å². The number of carbonyl (C=O) groups is 1. The van der Waals surface area contributed by atoms with Crippen molar-refractivity contribution in [2.24, 2.45) is 10.9 Å². The molecule has 2 aliphatic heterocycles. The zero-order valence-electron chi connectivity index (χ0n) is 17.3. The second kappa shape index (κ2) is 14.4. The molecule has 0 spiro atoms. The highest BCUT2D eigenvalue weighted by molar-refractivity contribution is 14.0. The van der Waals surface area contributed by atoms with Crippen LogP contribution in [-0.2, 0) is 4.79 Å². The van der Waals surface area contributed by atoms with Crippen LogP contribution in [0.25, 0.3) is 0 Å². The number of hydrogen-bond acceptors (Lipinski definition) is 3. The van der Waals surface area contributed by atoms with Gasteiger partial charge in [-0.2, -0.15) is 0 Å². The Balaban J connectivity index is 0.00000364. The monoisotopic (exact) mass is 493 g/mol. The summed E-state index contributed by atoms with van der Waals surface area (Å²) >= 11 is 0. The Morgan fingerprint density at radius 2 is 1.89 bits per heavy atom. The SMILES string of the molecule is CCNC(=NCCCN1CCCC1=O)NCCCCN1CCC(C)CC1.I. The second-order valence-electron chi connectivity index (χ2n) is 7.76. The maximum Gasteiger partial charge on any atom is 0.222 e. The Bertz CT molecular complexity index is 438. The highest BCUT2D eigenvalue weighted by Crippen LogP contribution is 2.16. The number of amides is 1. The lowest BCUT2D eigenvalue weighted by molar-refractivity contribution is -0.127. The van der Waals surface area contributed by atoms with Gasteiger partial charge < -0.3 is 20.4 Å². The number of likely N-dealkylation sites (tertiary alicyclic amines) is 2. The van der Waals surface area contributed by atoms with Crippen molar-refractivity contribution >= 4 is 35.8 Å². The molecule has 0 aromatic rings.